The maximum Gasteiger partial charge on any atom is 0.338 e. The smallest absolute Gasteiger partial charge is 0.338 e. The van der Waals surface area contributed by atoms with Gasteiger partial charge in [-0.15, -0.1) is 0 Å². The van der Waals surface area contributed by atoms with Gasteiger partial charge in [0.05, 0.1) is 31.6 Å². The van der Waals surface area contributed by atoms with Gasteiger partial charge in [0.15, 0.2) is 18.3 Å². The van der Waals surface area contributed by atoms with E-state index in [-0.39, 0.29) is 23.3 Å². The molecule has 0 bridgehead atoms. The van der Waals surface area contributed by atoms with Crippen LogP contribution < -0.4 is 4.74 Å². The summed E-state index contributed by atoms with van der Waals surface area (Å²) in [6.07, 6.45) is -7.34. The average Bonchev–Trinajstić information content (AvgIpc) is 3.31. The minimum atomic E-state index is -1.56. The molecule has 0 spiro atoms. The molecule has 46 heavy (non-hydrogen) atoms. The second-order valence-corrected chi connectivity index (χ2v) is 10.9. The molecule has 2 heterocycles. The molecule has 1 aromatic carbocycles. The Morgan fingerprint density at radius 2 is 1.43 bits per heavy atom. The summed E-state index contributed by atoms with van der Waals surface area (Å²) in [5.41, 5.74) is 0.333. The number of methoxy groups -OCH3 is 2. The molecule has 4 rings (SSSR count). The quantitative estimate of drug-likeness (QED) is 0.263. The molecule has 3 aliphatic rings. The summed E-state index contributed by atoms with van der Waals surface area (Å²) in [4.78, 5) is 74.7. The molecule has 250 valence electrons. The minimum Gasteiger partial charge on any atom is -0.497 e. The van der Waals surface area contributed by atoms with Crippen LogP contribution in [0.3, 0.4) is 0 Å². The van der Waals surface area contributed by atoms with Crippen molar-refractivity contribution in [3.8, 4) is 5.75 Å². The van der Waals surface area contributed by atoms with Crippen LogP contribution in [0.4, 0.5) is 0 Å². The summed E-state index contributed by atoms with van der Waals surface area (Å²) in [6.45, 7) is 4.44. The predicted octanol–water partition coefficient (Wildman–Crippen LogP) is 1.64. The Hall–Kier alpha value is -4.50. The second kappa shape index (κ2) is 14.7. The SMILES string of the molecule is COC(=O)C1=CO[C@@H](O[C@@H]2O[C@H](COC(=O)c3ccc(OC)cc3)[C@@H](OC(C)=O)[C@H](OC(C)=O)[C@H]2OC(C)=O)[C@H]2[C@@H]1CC(=O)[C@@H]2C. The Kier molecular flexibility index (Phi) is 11.0. The van der Waals surface area contributed by atoms with E-state index in [1.165, 1.54) is 26.4 Å². The first-order valence-corrected chi connectivity index (χ1v) is 14.4. The lowest BCUT2D eigenvalue weighted by atomic mass is 9.83. The van der Waals surface area contributed by atoms with Crippen molar-refractivity contribution in [2.75, 3.05) is 20.8 Å². The highest BCUT2D eigenvalue weighted by Gasteiger charge is 2.56. The van der Waals surface area contributed by atoms with Crippen molar-refractivity contribution in [1.29, 1.82) is 0 Å². The Balaban J connectivity index is 1.67. The first kappa shape index (κ1) is 34.4. The molecule has 2 fully saturated rings. The van der Waals surface area contributed by atoms with Gasteiger partial charge in [0.2, 0.25) is 12.6 Å². The Morgan fingerprint density at radius 3 is 2.02 bits per heavy atom. The van der Waals surface area contributed by atoms with Crippen molar-refractivity contribution in [3.05, 3.63) is 41.7 Å². The van der Waals surface area contributed by atoms with E-state index in [0.29, 0.717) is 5.75 Å². The van der Waals surface area contributed by atoms with Gasteiger partial charge in [-0.1, -0.05) is 6.92 Å². The van der Waals surface area contributed by atoms with E-state index in [9.17, 15) is 28.8 Å². The van der Waals surface area contributed by atoms with Crippen molar-refractivity contribution in [1.82, 2.24) is 0 Å². The van der Waals surface area contributed by atoms with E-state index in [1.807, 2.05) is 0 Å². The van der Waals surface area contributed by atoms with Crippen molar-refractivity contribution in [2.24, 2.45) is 17.8 Å². The number of carbonyl (C=O) groups excluding carboxylic acids is 6. The zero-order valence-electron chi connectivity index (χ0n) is 26.1. The van der Waals surface area contributed by atoms with Gasteiger partial charge in [-0.25, -0.2) is 9.59 Å². The van der Waals surface area contributed by atoms with E-state index in [1.54, 1.807) is 19.1 Å². The maximum absolute atomic E-state index is 12.9. The third-order valence-corrected chi connectivity index (χ3v) is 7.90. The highest BCUT2D eigenvalue weighted by Crippen LogP contribution is 2.46. The molecule has 1 aromatic rings. The molecule has 0 amide bonds. The highest BCUT2D eigenvalue weighted by atomic mass is 16.8. The molecule has 0 unspecified atom stereocenters. The Morgan fingerprint density at radius 1 is 0.826 bits per heavy atom. The van der Waals surface area contributed by atoms with Gasteiger partial charge >= 0.3 is 29.8 Å². The van der Waals surface area contributed by atoms with Crippen LogP contribution >= 0.6 is 0 Å². The standard InChI is InChI=1S/C31H36O15/c1-14-22(35)11-20-21(29(37)39-6)12-41-30(24(14)20)46-31-27(44-17(4)34)26(43-16(3)33)25(42-15(2)32)23(45-31)13-40-28(36)18-7-9-19(38-5)10-8-18/h7-10,12,14,20,23-27,30-31H,11,13H2,1-6H3/t14-,20+,23+,24+,25+,26-,27+,30-,31-/m0/s1. The van der Waals surface area contributed by atoms with Gasteiger partial charge in [-0.2, -0.15) is 0 Å². The number of esters is 5. The van der Waals surface area contributed by atoms with Crippen molar-refractivity contribution < 1.29 is 71.4 Å². The molecule has 15 heteroatoms. The van der Waals surface area contributed by atoms with Crippen LogP contribution in [-0.4, -0.2) is 93.5 Å². The zero-order chi connectivity index (χ0) is 33.7. The summed E-state index contributed by atoms with van der Waals surface area (Å²) in [7, 11) is 2.68. The lowest BCUT2D eigenvalue weighted by molar-refractivity contribution is -0.344. The molecule has 9 atom stereocenters. The van der Waals surface area contributed by atoms with Crippen molar-refractivity contribution in [2.45, 2.75) is 71.1 Å². The van der Waals surface area contributed by atoms with E-state index in [2.05, 4.69) is 0 Å². The number of rotatable bonds is 10. The van der Waals surface area contributed by atoms with E-state index < -0.39 is 91.2 Å². The van der Waals surface area contributed by atoms with Gasteiger partial charge < -0.3 is 42.6 Å². The Labute approximate surface area is 264 Å². The number of benzene rings is 1. The number of hydrogen-bond acceptors (Lipinski definition) is 15. The monoisotopic (exact) mass is 648 g/mol. The number of ether oxygens (including phenoxy) is 9. The largest absolute Gasteiger partial charge is 0.497 e. The zero-order valence-corrected chi connectivity index (χ0v) is 26.1. The van der Waals surface area contributed by atoms with E-state index >= 15 is 0 Å². The van der Waals surface area contributed by atoms with E-state index in [4.69, 9.17) is 42.6 Å². The van der Waals surface area contributed by atoms with Crippen LogP contribution in [0.5, 0.6) is 5.75 Å². The second-order valence-electron chi connectivity index (χ2n) is 10.9. The molecule has 15 nitrogen and oxygen atoms in total. The van der Waals surface area contributed by atoms with Gasteiger partial charge in [0, 0.05) is 44.9 Å². The van der Waals surface area contributed by atoms with Gasteiger partial charge in [-0.05, 0) is 24.3 Å². The minimum absolute atomic E-state index is 0.0312. The fraction of sp³-hybridized carbons (Fsp3) is 0.548. The topological polar surface area (TPSA) is 185 Å². The molecule has 2 aliphatic heterocycles. The van der Waals surface area contributed by atoms with Gasteiger partial charge in [0.25, 0.3) is 0 Å². The molecule has 0 radical (unpaired) electrons. The van der Waals surface area contributed by atoms with Crippen LogP contribution in [0.15, 0.2) is 36.1 Å². The third-order valence-electron chi connectivity index (χ3n) is 7.90. The predicted molar refractivity (Wildman–Crippen MR) is 150 cm³/mol. The third kappa shape index (κ3) is 7.65. The molecule has 0 aromatic heterocycles. The summed E-state index contributed by atoms with van der Waals surface area (Å²) < 4.78 is 50.0. The number of ketones is 1. The normalized spacial score (nSPS) is 30.1. The summed E-state index contributed by atoms with van der Waals surface area (Å²) in [6, 6.07) is 6.08. The molecule has 1 aliphatic carbocycles. The van der Waals surface area contributed by atoms with E-state index in [0.717, 1.165) is 27.0 Å². The maximum atomic E-state index is 12.9. The van der Waals surface area contributed by atoms with Crippen LogP contribution in [0.2, 0.25) is 0 Å². The Bertz CT molecular complexity index is 1370. The van der Waals surface area contributed by atoms with Crippen molar-refractivity contribution in [3.63, 3.8) is 0 Å². The number of fused-ring (bicyclic) bond motifs is 1. The van der Waals surface area contributed by atoms with Crippen LogP contribution in [0.1, 0.15) is 44.5 Å². The summed E-state index contributed by atoms with van der Waals surface area (Å²) in [5.74, 6) is -5.37. The first-order chi connectivity index (χ1) is 21.8. The molecule has 0 N–H and O–H groups in total. The van der Waals surface area contributed by atoms with Gasteiger partial charge in [-0.3, -0.25) is 19.2 Å². The fourth-order valence-corrected chi connectivity index (χ4v) is 5.80. The fourth-order valence-electron chi connectivity index (χ4n) is 5.80. The molecular formula is C31H36O15. The summed E-state index contributed by atoms with van der Waals surface area (Å²) in [5, 5.41) is 0. The average molecular weight is 649 g/mol. The number of Topliss-reactive ketones (excluding diaryl/α,β-unsaturated/α-hetero) is 1. The first-order valence-electron chi connectivity index (χ1n) is 14.4. The lowest BCUT2D eigenvalue weighted by Gasteiger charge is -2.45. The number of carbonyl (C=O) groups is 6. The highest BCUT2D eigenvalue weighted by molar-refractivity contribution is 5.93. The van der Waals surface area contributed by atoms with Gasteiger partial charge in [0.1, 0.15) is 24.2 Å². The van der Waals surface area contributed by atoms with Crippen LogP contribution in [-0.2, 0) is 61.9 Å². The van der Waals surface area contributed by atoms with Crippen molar-refractivity contribution >= 4 is 35.6 Å². The molecule has 1 saturated heterocycles. The molecule has 1 saturated carbocycles. The lowest BCUT2D eigenvalue weighted by Crippen LogP contribution is -2.63. The van der Waals surface area contributed by atoms with Crippen LogP contribution in [0.25, 0.3) is 0 Å². The van der Waals surface area contributed by atoms with Crippen LogP contribution in [0, 0.1) is 17.8 Å². The summed E-state index contributed by atoms with van der Waals surface area (Å²) >= 11 is 0. The number of hydrogen-bond donors (Lipinski definition) is 0. The molecular weight excluding hydrogens is 612 g/mol.